The second-order valence-electron chi connectivity index (χ2n) is 6.90. The number of ether oxygens (including phenoxy) is 2. The molecule has 0 aromatic heterocycles. The number of aryl methyl sites for hydroxylation is 1. The highest BCUT2D eigenvalue weighted by molar-refractivity contribution is 5.94. The third-order valence-electron chi connectivity index (χ3n) is 4.70. The summed E-state index contributed by atoms with van der Waals surface area (Å²) in [5, 5.41) is 2.75. The van der Waals surface area contributed by atoms with Gasteiger partial charge < -0.3 is 9.47 Å². The molecule has 0 fully saturated rings. The maximum Gasteiger partial charge on any atom is 0.412 e. The topological polar surface area (TPSA) is 59.9 Å². The Hall–Kier alpha value is -3.60. The Morgan fingerprint density at radius 3 is 2.31 bits per heavy atom. The summed E-state index contributed by atoms with van der Waals surface area (Å²) < 4.78 is 11.9. The van der Waals surface area contributed by atoms with Crippen LogP contribution in [-0.2, 0) is 9.47 Å². The number of amides is 1. The molecular weight excluding hydrogens is 364 g/mol. The maximum absolute atomic E-state index is 12.4. The molecule has 5 nitrogen and oxygen atoms in total. The van der Waals surface area contributed by atoms with Crippen LogP contribution in [0.15, 0.2) is 89.9 Å². The highest BCUT2D eigenvalue weighted by atomic mass is 16.6. The molecule has 3 aromatic rings. The zero-order valence-electron chi connectivity index (χ0n) is 16.1. The number of nitrogens with one attached hydrogen (secondary N) is 1. The largest absolute Gasteiger partial charge is 0.465 e. The Kier molecular flexibility index (Phi) is 5.56. The van der Waals surface area contributed by atoms with E-state index in [2.05, 4.69) is 10.3 Å². The molecular formula is C24H22N2O3. The lowest BCUT2D eigenvalue weighted by molar-refractivity contribution is 0.00996. The number of carbonyl (C=O) groups is 1. The van der Waals surface area contributed by atoms with Gasteiger partial charge in [-0.25, -0.2) is 9.79 Å². The van der Waals surface area contributed by atoms with Gasteiger partial charge in [0.15, 0.2) is 12.2 Å². The van der Waals surface area contributed by atoms with Gasteiger partial charge in [-0.1, -0.05) is 66.2 Å². The highest BCUT2D eigenvalue weighted by Crippen LogP contribution is 2.29. The Labute approximate surface area is 170 Å². The average molecular weight is 386 g/mol. The van der Waals surface area contributed by atoms with E-state index < -0.39 is 18.3 Å². The summed E-state index contributed by atoms with van der Waals surface area (Å²) in [4.78, 5) is 16.9. The van der Waals surface area contributed by atoms with Crippen molar-refractivity contribution in [2.75, 3.05) is 11.9 Å². The Morgan fingerprint density at radius 2 is 1.62 bits per heavy atom. The van der Waals surface area contributed by atoms with Crippen LogP contribution in [0.5, 0.6) is 0 Å². The van der Waals surface area contributed by atoms with Gasteiger partial charge in [0.1, 0.15) is 0 Å². The molecule has 1 aliphatic heterocycles. The number of hydrogen-bond acceptors (Lipinski definition) is 4. The first-order valence-corrected chi connectivity index (χ1v) is 9.55. The van der Waals surface area contributed by atoms with Crippen LogP contribution < -0.4 is 5.32 Å². The van der Waals surface area contributed by atoms with Crippen LogP contribution in [0.3, 0.4) is 0 Å². The smallest absolute Gasteiger partial charge is 0.412 e. The third-order valence-corrected chi connectivity index (χ3v) is 4.70. The molecule has 3 aromatic carbocycles. The van der Waals surface area contributed by atoms with Gasteiger partial charge in [-0.3, -0.25) is 5.32 Å². The van der Waals surface area contributed by atoms with Crippen molar-refractivity contribution in [1.82, 2.24) is 0 Å². The molecule has 29 heavy (non-hydrogen) atoms. The van der Waals surface area contributed by atoms with Gasteiger partial charge in [-0.2, -0.15) is 0 Å². The van der Waals surface area contributed by atoms with Crippen molar-refractivity contribution in [2.24, 2.45) is 4.99 Å². The number of aliphatic imine (C=N–C) groups is 1. The first kappa shape index (κ1) is 18.7. The molecule has 2 unspecified atom stereocenters. The fourth-order valence-corrected chi connectivity index (χ4v) is 3.19. The summed E-state index contributed by atoms with van der Waals surface area (Å²) in [5.41, 5.74) is 3.69. The number of carbonyl (C=O) groups excluding carboxylic acids is 1. The zero-order chi connectivity index (χ0) is 20.1. The average Bonchev–Trinajstić information content (AvgIpc) is 2.76. The van der Waals surface area contributed by atoms with E-state index in [1.54, 1.807) is 12.1 Å². The van der Waals surface area contributed by atoms with Gasteiger partial charge in [0.2, 0.25) is 5.90 Å². The van der Waals surface area contributed by atoms with E-state index in [1.807, 2.05) is 79.7 Å². The van der Waals surface area contributed by atoms with Crippen molar-refractivity contribution in [2.45, 2.75) is 19.1 Å². The summed E-state index contributed by atoms with van der Waals surface area (Å²) in [5.74, 6) is 0.558. The predicted molar refractivity (Wildman–Crippen MR) is 113 cm³/mol. The second kappa shape index (κ2) is 8.61. The van der Waals surface area contributed by atoms with Crippen molar-refractivity contribution < 1.29 is 14.3 Å². The summed E-state index contributed by atoms with van der Waals surface area (Å²) >= 11 is 0. The van der Waals surface area contributed by atoms with E-state index in [0.29, 0.717) is 18.1 Å². The number of benzene rings is 3. The molecule has 0 spiro atoms. The standard InChI is InChI=1S/C24H22N2O3/c1-17-12-14-19(15-13-17)23-25-16-21(22(29-23)18-8-4-2-5-9-18)28-24(27)26-20-10-6-3-7-11-20/h2-15,21-22H,16H2,1H3,(H,26,27). The van der Waals surface area contributed by atoms with Crippen molar-refractivity contribution in [3.8, 4) is 0 Å². The van der Waals surface area contributed by atoms with Gasteiger partial charge in [-0.05, 0) is 36.8 Å². The van der Waals surface area contributed by atoms with Crippen LogP contribution in [0.25, 0.3) is 0 Å². The quantitative estimate of drug-likeness (QED) is 0.676. The first-order chi connectivity index (χ1) is 14.2. The number of para-hydroxylation sites is 1. The van der Waals surface area contributed by atoms with E-state index in [9.17, 15) is 4.79 Å². The number of rotatable bonds is 4. The molecule has 1 aliphatic rings. The molecule has 1 amide bonds. The van der Waals surface area contributed by atoms with Crippen LogP contribution in [0, 0.1) is 6.92 Å². The van der Waals surface area contributed by atoms with Gasteiger partial charge in [-0.15, -0.1) is 0 Å². The SMILES string of the molecule is Cc1ccc(C2=NCC(OC(=O)Nc3ccccc3)C(c3ccccc3)O2)cc1. The first-order valence-electron chi connectivity index (χ1n) is 9.55. The molecule has 1 N–H and O–H groups in total. The van der Waals surface area contributed by atoms with Crippen molar-refractivity contribution in [3.05, 3.63) is 102 Å². The van der Waals surface area contributed by atoms with Gasteiger partial charge in [0.05, 0.1) is 6.54 Å². The van der Waals surface area contributed by atoms with E-state index in [-0.39, 0.29) is 0 Å². The second-order valence-corrected chi connectivity index (χ2v) is 6.90. The van der Waals surface area contributed by atoms with Crippen LogP contribution in [0.2, 0.25) is 0 Å². The monoisotopic (exact) mass is 386 g/mol. The summed E-state index contributed by atoms with van der Waals surface area (Å²) in [6.07, 6.45) is -1.50. The number of hydrogen-bond donors (Lipinski definition) is 1. The third kappa shape index (κ3) is 4.63. The number of nitrogens with zero attached hydrogens (tertiary/aromatic N) is 1. The molecule has 1 heterocycles. The maximum atomic E-state index is 12.4. The normalized spacial score (nSPS) is 18.3. The minimum atomic E-state index is -0.532. The fraction of sp³-hybridized carbons (Fsp3) is 0.167. The molecule has 146 valence electrons. The Balaban J connectivity index is 1.54. The molecule has 5 heteroatoms. The minimum absolute atomic E-state index is 0.324. The molecule has 0 saturated carbocycles. The van der Waals surface area contributed by atoms with E-state index in [4.69, 9.17) is 9.47 Å². The Morgan fingerprint density at radius 1 is 0.966 bits per heavy atom. The van der Waals surface area contributed by atoms with Crippen molar-refractivity contribution >= 4 is 17.7 Å². The molecule has 2 atom stereocenters. The number of anilines is 1. The lowest BCUT2D eigenvalue weighted by Gasteiger charge is -2.31. The highest BCUT2D eigenvalue weighted by Gasteiger charge is 2.33. The Bertz CT molecular complexity index is 986. The fourth-order valence-electron chi connectivity index (χ4n) is 3.19. The van der Waals surface area contributed by atoms with Gasteiger partial charge in [0.25, 0.3) is 0 Å². The van der Waals surface area contributed by atoms with E-state index in [1.165, 1.54) is 5.56 Å². The molecule has 4 rings (SSSR count). The van der Waals surface area contributed by atoms with Gasteiger partial charge in [0, 0.05) is 11.3 Å². The minimum Gasteiger partial charge on any atom is -0.465 e. The van der Waals surface area contributed by atoms with Crippen LogP contribution >= 0.6 is 0 Å². The van der Waals surface area contributed by atoms with E-state index in [0.717, 1.165) is 11.1 Å². The van der Waals surface area contributed by atoms with Crippen LogP contribution in [0.4, 0.5) is 10.5 Å². The molecule has 0 radical (unpaired) electrons. The molecule has 0 saturated heterocycles. The van der Waals surface area contributed by atoms with E-state index >= 15 is 0 Å². The van der Waals surface area contributed by atoms with Crippen LogP contribution in [-0.4, -0.2) is 24.6 Å². The lowest BCUT2D eigenvalue weighted by atomic mass is 10.0. The molecule has 0 bridgehead atoms. The van der Waals surface area contributed by atoms with Gasteiger partial charge >= 0.3 is 6.09 Å². The summed E-state index contributed by atoms with van der Waals surface area (Å²) in [6.45, 7) is 2.36. The summed E-state index contributed by atoms with van der Waals surface area (Å²) in [6, 6.07) is 27.0. The zero-order valence-corrected chi connectivity index (χ0v) is 16.1. The molecule has 0 aliphatic carbocycles. The lowest BCUT2D eigenvalue weighted by Crippen LogP contribution is -2.37. The van der Waals surface area contributed by atoms with Crippen molar-refractivity contribution in [1.29, 1.82) is 0 Å². The van der Waals surface area contributed by atoms with Crippen LogP contribution in [0.1, 0.15) is 22.8 Å². The summed E-state index contributed by atoms with van der Waals surface area (Å²) in [7, 11) is 0. The predicted octanol–water partition coefficient (Wildman–Crippen LogP) is 5.13. The van der Waals surface area contributed by atoms with Crippen molar-refractivity contribution in [3.63, 3.8) is 0 Å².